The predicted molar refractivity (Wildman–Crippen MR) is 64.8 cm³/mol. The average Bonchev–Trinajstić information content (AvgIpc) is 2.26. The van der Waals surface area contributed by atoms with Crippen LogP contribution in [-0.2, 0) is 6.18 Å². The van der Waals surface area contributed by atoms with Crippen molar-refractivity contribution in [2.45, 2.75) is 38.9 Å². The Morgan fingerprint density at radius 2 is 2.00 bits per heavy atom. The topological polar surface area (TPSA) is 29.0 Å². The number of halogens is 4. The van der Waals surface area contributed by atoms with E-state index >= 15 is 0 Å². The first kappa shape index (κ1) is 15.0. The summed E-state index contributed by atoms with van der Waals surface area (Å²) in [7, 11) is 1.69. The van der Waals surface area contributed by atoms with Crippen LogP contribution < -0.4 is 4.90 Å². The Labute approximate surface area is 109 Å². The fourth-order valence-electron chi connectivity index (χ4n) is 1.55. The van der Waals surface area contributed by atoms with Crippen LogP contribution in [0.5, 0.6) is 0 Å². The largest absolute Gasteiger partial charge is 0.451 e. The van der Waals surface area contributed by atoms with Gasteiger partial charge in [-0.2, -0.15) is 13.2 Å². The van der Waals surface area contributed by atoms with Crippen LogP contribution in [0.25, 0.3) is 0 Å². The summed E-state index contributed by atoms with van der Waals surface area (Å²) in [5.41, 5.74) is 0. The zero-order chi connectivity index (χ0) is 13.9. The number of nitrogens with zero attached hydrogens (tertiary/aromatic N) is 3. The summed E-state index contributed by atoms with van der Waals surface area (Å²) < 4.78 is 37.7. The second-order valence-electron chi connectivity index (χ2n) is 4.12. The number of alkyl halides is 3. The molecule has 0 bridgehead atoms. The molecule has 1 heterocycles. The second kappa shape index (κ2) is 5.73. The molecule has 1 atom stereocenters. The van der Waals surface area contributed by atoms with Crippen molar-refractivity contribution in [1.29, 1.82) is 0 Å². The molecule has 0 aliphatic rings. The van der Waals surface area contributed by atoms with Crippen LogP contribution in [0, 0.1) is 0 Å². The lowest BCUT2D eigenvalue weighted by atomic mass is 10.2. The first-order valence-corrected chi connectivity index (χ1v) is 5.98. The standard InChI is InChI=1S/C11H15ClF3N3/c1-4-5-7(2)18(3)9-6-8(12)16-10(17-9)11(13,14)15/h6-7H,4-5H2,1-3H3. The van der Waals surface area contributed by atoms with Gasteiger partial charge in [0.1, 0.15) is 11.0 Å². The molecule has 3 nitrogen and oxygen atoms in total. The predicted octanol–water partition coefficient (Wildman–Crippen LogP) is 3.77. The van der Waals surface area contributed by atoms with E-state index in [1.807, 2.05) is 13.8 Å². The lowest BCUT2D eigenvalue weighted by Crippen LogP contribution is -2.30. The highest BCUT2D eigenvalue weighted by molar-refractivity contribution is 6.29. The van der Waals surface area contributed by atoms with Crippen LogP contribution in [0.2, 0.25) is 5.15 Å². The zero-order valence-corrected chi connectivity index (χ0v) is 11.2. The van der Waals surface area contributed by atoms with Crippen LogP contribution in [0.15, 0.2) is 6.07 Å². The van der Waals surface area contributed by atoms with Crippen molar-refractivity contribution in [2.75, 3.05) is 11.9 Å². The van der Waals surface area contributed by atoms with Crippen LogP contribution >= 0.6 is 11.6 Å². The molecule has 0 aliphatic heterocycles. The summed E-state index contributed by atoms with van der Waals surface area (Å²) in [5.74, 6) is -1.02. The van der Waals surface area contributed by atoms with Crippen molar-refractivity contribution >= 4 is 17.4 Å². The van der Waals surface area contributed by atoms with Crippen molar-refractivity contribution < 1.29 is 13.2 Å². The van der Waals surface area contributed by atoms with Gasteiger partial charge >= 0.3 is 6.18 Å². The molecular formula is C11H15ClF3N3. The Bertz CT molecular complexity index is 409. The SMILES string of the molecule is CCCC(C)N(C)c1cc(Cl)nc(C(F)(F)F)n1. The smallest absolute Gasteiger partial charge is 0.357 e. The molecule has 0 amide bonds. The Balaban J connectivity index is 3.06. The van der Waals surface area contributed by atoms with E-state index in [1.165, 1.54) is 6.07 Å². The Hall–Kier alpha value is -1.04. The quantitative estimate of drug-likeness (QED) is 0.787. The van der Waals surface area contributed by atoms with E-state index in [-0.39, 0.29) is 17.0 Å². The Kier molecular flexibility index (Phi) is 4.78. The summed E-state index contributed by atoms with van der Waals surface area (Å²) in [4.78, 5) is 8.38. The molecule has 0 spiro atoms. The molecule has 0 aromatic carbocycles. The minimum atomic E-state index is -4.59. The molecule has 0 aliphatic carbocycles. The fraction of sp³-hybridized carbons (Fsp3) is 0.636. The van der Waals surface area contributed by atoms with Gasteiger partial charge in [-0.15, -0.1) is 0 Å². The van der Waals surface area contributed by atoms with E-state index in [2.05, 4.69) is 9.97 Å². The van der Waals surface area contributed by atoms with Gasteiger partial charge in [0.25, 0.3) is 0 Å². The number of aromatic nitrogens is 2. The van der Waals surface area contributed by atoms with Crippen LogP contribution in [0.1, 0.15) is 32.5 Å². The monoisotopic (exact) mass is 281 g/mol. The van der Waals surface area contributed by atoms with Crippen LogP contribution in [0.3, 0.4) is 0 Å². The lowest BCUT2D eigenvalue weighted by Gasteiger charge is -2.26. The summed E-state index contributed by atoms with van der Waals surface area (Å²) in [6.45, 7) is 3.94. The van der Waals surface area contributed by atoms with E-state index in [9.17, 15) is 13.2 Å². The molecule has 1 rings (SSSR count). The third-order valence-electron chi connectivity index (χ3n) is 2.66. The maximum atomic E-state index is 12.6. The number of anilines is 1. The van der Waals surface area contributed by atoms with Gasteiger partial charge in [0.05, 0.1) is 0 Å². The van der Waals surface area contributed by atoms with Crippen LogP contribution in [-0.4, -0.2) is 23.1 Å². The molecule has 102 valence electrons. The maximum Gasteiger partial charge on any atom is 0.451 e. The minimum absolute atomic E-state index is 0.0852. The third kappa shape index (κ3) is 3.73. The number of hydrogen-bond acceptors (Lipinski definition) is 3. The van der Waals surface area contributed by atoms with Crippen molar-refractivity contribution in [3.63, 3.8) is 0 Å². The summed E-state index contributed by atoms with van der Waals surface area (Å²) >= 11 is 5.60. The van der Waals surface area contributed by atoms with Crippen molar-refractivity contribution in [3.8, 4) is 0 Å². The average molecular weight is 282 g/mol. The Morgan fingerprint density at radius 3 is 2.50 bits per heavy atom. The number of rotatable bonds is 4. The molecule has 18 heavy (non-hydrogen) atoms. The zero-order valence-electron chi connectivity index (χ0n) is 10.4. The molecule has 0 radical (unpaired) electrons. The van der Waals surface area contributed by atoms with Gasteiger partial charge in [-0.05, 0) is 13.3 Å². The lowest BCUT2D eigenvalue weighted by molar-refractivity contribution is -0.144. The normalized spacial score (nSPS) is 13.5. The maximum absolute atomic E-state index is 12.6. The number of hydrogen-bond donors (Lipinski definition) is 0. The third-order valence-corrected chi connectivity index (χ3v) is 2.86. The summed E-state index contributed by atoms with van der Waals surface area (Å²) in [5, 5.41) is -0.206. The molecule has 1 aromatic rings. The molecule has 0 saturated carbocycles. The highest BCUT2D eigenvalue weighted by Gasteiger charge is 2.35. The van der Waals surface area contributed by atoms with E-state index in [1.54, 1.807) is 11.9 Å². The molecular weight excluding hydrogens is 267 g/mol. The second-order valence-corrected chi connectivity index (χ2v) is 4.51. The first-order chi connectivity index (χ1) is 8.25. The fourth-order valence-corrected chi connectivity index (χ4v) is 1.73. The minimum Gasteiger partial charge on any atom is -0.357 e. The van der Waals surface area contributed by atoms with E-state index < -0.39 is 12.0 Å². The van der Waals surface area contributed by atoms with Gasteiger partial charge in [-0.3, -0.25) is 0 Å². The van der Waals surface area contributed by atoms with Crippen molar-refractivity contribution in [1.82, 2.24) is 9.97 Å². The molecule has 1 unspecified atom stereocenters. The van der Waals surface area contributed by atoms with E-state index in [4.69, 9.17) is 11.6 Å². The molecule has 7 heteroatoms. The Morgan fingerprint density at radius 1 is 1.39 bits per heavy atom. The van der Waals surface area contributed by atoms with Gasteiger partial charge in [0, 0.05) is 19.2 Å². The molecule has 0 N–H and O–H groups in total. The molecule has 0 saturated heterocycles. The van der Waals surface area contributed by atoms with Crippen molar-refractivity contribution in [3.05, 3.63) is 17.0 Å². The van der Waals surface area contributed by atoms with Gasteiger partial charge in [-0.1, -0.05) is 24.9 Å². The molecule has 1 aromatic heterocycles. The summed E-state index contributed by atoms with van der Waals surface area (Å²) in [6.07, 6.45) is -2.79. The summed E-state index contributed by atoms with van der Waals surface area (Å²) in [6, 6.07) is 1.42. The highest BCUT2D eigenvalue weighted by Crippen LogP contribution is 2.29. The highest BCUT2D eigenvalue weighted by atomic mass is 35.5. The van der Waals surface area contributed by atoms with Gasteiger partial charge in [0.2, 0.25) is 5.82 Å². The van der Waals surface area contributed by atoms with Crippen molar-refractivity contribution in [2.24, 2.45) is 0 Å². The van der Waals surface area contributed by atoms with Gasteiger partial charge in [0.15, 0.2) is 0 Å². The van der Waals surface area contributed by atoms with E-state index in [0.717, 1.165) is 12.8 Å². The van der Waals surface area contributed by atoms with Crippen LogP contribution in [0.4, 0.5) is 19.0 Å². The van der Waals surface area contributed by atoms with Gasteiger partial charge < -0.3 is 4.90 Å². The van der Waals surface area contributed by atoms with Gasteiger partial charge in [-0.25, -0.2) is 9.97 Å². The molecule has 0 fully saturated rings. The van der Waals surface area contributed by atoms with E-state index in [0.29, 0.717) is 0 Å². The first-order valence-electron chi connectivity index (χ1n) is 5.60.